The van der Waals surface area contributed by atoms with Gasteiger partial charge in [0.1, 0.15) is 5.01 Å². The minimum Gasteiger partial charge on any atom is -0.324 e. The SMILES string of the molecule is CCCC(C)(N)CNC(C)c1nc(C)cs1. The molecule has 0 saturated heterocycles. The van der Waals surface area contributed by atoms with E-state index in [-0.39, 0.29) is 5.54 Å². The molecule has 0 aliphatic rings. The summed E-state index contributed by atoms with van der Waals surface area (Å²) in [6.45, 7) is 9.26. The molecule has 1 heterocycles. The van der Waals surface area contributed by atoms with Crippen molar-refractivity contribution in [1.29, 1.82) is 0 Å². The maximum atomic E-state index is 6.18. The number of rotatable bonds is 6. The molecule has 0 fully saturated rings. The van der Waals surface area contributed by atoms with Gasteiger partial charge >= 0.3 is 0 Å². The summed E-state index contributed by atoms with van der Waals surface area (Å²) < 4.78 is 0. The van der Waals surface area contributed by atoms with Crippen molar-refractivity contribution < 1.29 is 0 Å². The van der Waals surface area contributed by atoms with E-state index >= 15 is 0 Å². The Hall–Kier alpha value is -0.450. The van der Waals surface area contributed by atoms with Crippen LogP contribution < -0.4 is 11.1 Å². The number of thiazole rings is 1. The largest absolute Gasteiger partial charge is 0.324 e. The van der Waals surface area contributed by atoms with Crippen LogP contribution >= 0.6 is 11.3 Å². The van der Waals surface area contributed by atoms with Gasteiger partial charge in [-0.15, -0.1) is 11.3 Å². The van der Waals surface area contributed by atoms with Crippen molar-refractivity contribution in [3.8, 4) is 0 Å². The van der Waals surface area contributed by atoms with Crippen LogP contribution in [-0.4, -0.2) is 17.1 Å². The number of hydrogen-bond acceptors (Lipinski definition) is 4. The van der Waals surface area contributed by atoms with E-state index in [1.807, 2.05) is 6.92 Å². The number of aryl methyl sites for hydroxylation is 1. The average Bonchev–Trinajstić information content (AvgIpc) is 2.61. The van der Waals surface area contributed by atoms with Gasteiger partial charge in [0.25, 0.3) is 0 Å². The zero-order valence-electron chi connectivity index (χ0n) is 10.7. The van der Waals surface area contributed by atoms with Gasteiger partial charge in [0, 0.05) is 23.2 Å². The molecule has 1 aromatic heterocycles. The van der Waals surface area contributed by atoms with E-state index in [4.69, 9.17) is 5.73 Å². The summed E-state index contributed by atoms with van der Waals surface area (Å²) in [6, 6.07) is 0.290. The van der Waals surface area contributed by atoms with Crippen molar-refractivity contribution in [3.05, 3.63) is 16.1 Å². The molecule has 0 aliphatic carbocycles. The summed E-state index contributed by atoms with van der Waals surface area (Å²) in [7, 11) is 0. The topological polar surface area (TPSA) is 50.9 Å². The van der Waals surface area contributed by atoms with Crippen LogP contribution in [0.5, 0.6) is 0 Å². The average molecular weight is 241 g/mol. The Bertz CT molecular complexity index is 320. The highest BCUT2D eigenvalue weighted by Gasteiger charge is 2.19. The highest BCUT2D eigenvalue weighted by Crippen LogP contribution is 2.18. The lowest BCUT2D eigenvalue weighted by atomic mass is 9.97. The van der Waals surface area contributed by atoms with E-state index in [0.717, 1.165) is 30.1 Å². The van der Waals surface area contributed by atoms with Crippen molar-refractivity contribution in [1.82, 2.24) is 10.3 Å². The molecular weight excluding hydrogens is 218 g/mol. The molecule has 1 rings (SSSR count). The zero-order valence-corrected chi connectivity index (χ0v) is 11.5. The van der Waals surface area contributed by atoms with Crippen LogP contribution in [0.4, 0.5) is 0 Å². The number of nitrogens with one attached hydrogen (secondary N) is 1. The maximum absolute atomic E-state index is 6.18. The standard InChI is InChI=1S/C12H23N3S/c1-5-6-12(4,13)8-14-10(3)11-15-9(2)7-16-11/h7,10,14H,5-6,8,13H2,1-4H3. The summed E-state index contributed by atoms with van der Waals surface area (Å²) >= 11 is 1.71. The summed E-state index contributed by atoms with van der Waals surface area (Å²) in [4.78, 5) is 4.47. The van der Waals surface area contributed by atoms with Crippen LogP contribution in [-0.2, 0) is 0 Å². The molecule has 0 spiro atoms. The van der Waals surface area contributed by atoms with E-state index in [0.29, 0.717) is 6.04 Å². The summed E-state index contributed by atoms with van der Waals surface area (Å²) in [5.74, 6) is 0. The Labute approximate surface area is 102 Å². The Balaban J connectivity index is 2.43. The van der Waals surface area contributed by atoms with Crippen molar-refractivity contribution >= 4 is 11.3 Å². The molecule has 1 aromatic rings. The lowest BCUT2D eigenvalue weighted by Crippen LogP contribution is -2.46. The quantitative estimate of drug-likeness (QED) is 0.805. The van der Waals surface area contributed by atoms with E-state index in [1.165, 1.54) is 0 Å². The van der Waals surface area contributed by atoms with Crippen LogP contribution in [0.15, 0.2) is 5.38 Å². The lowest BCUT2D eigenvalue weighted by Gasteiger charge is -2.26. The third-order valence-electron chi connectivity index (χ3n) is 2.64. The minimum atomic E-state index is -0.116. The molecule has 16 heavy (non-hydrogen) atoms. The first-order valence-electron chi connectivity index (χ1n) is 5.89. The third-order valence-corrected chi connectivity index (χ3v) is 3.79. The highest BCUT2D eigenvalue weighted by molar-refractivity contribution is 7.09. The van der Waals surface area contributed by atoms with E-state index < -0.39 is 0 Å². The Morgan fingerprint density at radius 1 is 1.62 bits per heavy atom. The van der Waals surface area contributed by atoms with Gasteiger partial charge in [-0.3, -0.25) is 0 Å². The first kappa shape index (κ1) is 13.6. The molecular formula is C12H23N3S. The van der Waals surface area contributed by atoms with Crippen molar-refractivity contribution in [2.75, 3.05) is 6.54 Å². The molecule has 2 unspecified atom stereocenters. The molecule has 0 aliphatic heterocycles. The second-order valence-corrected chi connectivity index (χ2v) is 5.72. The number of aromatic nitrogens is 1. The molecule has 0 saturated carbocycles. The van der Waals surface area contributed by atoms with Gasteiger partial charge in [0.05, 0.1) is 6.04 Å². The number of nitrogens with two attached hydrogens (primary N) is 1. The van der Waals surface area contributed by atoms with E-state index in [9.17, 15) is 0 Å². The highest BCUT2D eigenvalue weighted by atomic mass is 32.1. The van der Waals surface area contributed by atoms with E-state index in [2.05, 4.69) is 36.5 Å². The second kappa shape index (κ2) is 5.75. The van der Waals surface area contributed by atoms with Crippen LogP contribution in [0.2, 0.25) is 0 Å². The predicted molar refractivity (Wildman–Crippen MR) is 70.8 cm³/mol. The lowest BCUT2D eigenvalue weighted by molar-refractivity contribution is 0.377. The minimum absolute atomic E-state index is 0.116. The third kappa shape index (κ3) is 4.20. The van der Waals surface area contributed by atoms with Gasteiger partial charge in [-0.1, -0.05) is 13.3 Å². The Kier molecular flexibility index (Phi) is 4.89. The van der Waals surface area contributed by atoms with Gasteiger partial charge in [-0.25, -0.2) is 4.98 Å². The molecule has 0 radical (unpaired) electrons. The number of hydrogen-bond donors (Lipinski definition) is 2. The second-order valence-electron chi connectivity index (χ2n) is 4.83. The fourth-order valence-electron chi connectivity index (χ4n) is 1.70. The molecule has 0 amide bonds. The molecule has 3 nitrogen and oxygen atoms in total. The molecule has 3 N–H and O–H groups in total. The first-order chi connectivity index (χ1) is 7.44. The predicted octanol–water partition coefficient (Wildman–Crippen LogP) is 2.62. The van der Waals surface area contributed by atoms with E-state index in [1.54, 1.807) is 11.3 Å². The van der Waals surface area contributed by atoms with Gasteiger partial charge in [0.2, 0.25) is 0 Å². The monoisotopic (exact) mass is 241 g/mol. The Morgan fingerprint density at radius 3 is 2.81 bits per heavy atom. The smallest absolute Gasteiger partial charge is 0.110 e. The first-order valence-corrected chi connectivity index (χ1v) is 6.77. The summed E-state index contributed by atoms with van der Waals surface area (Å²) in [5.41, 5.74) is 7.16. The van der Waals surface area contributed by atoms with Crippen LogP contribution in [0.25, 0.3) is 0 Å². The van der Waals surface area contributed by atoms with Crippen molar-refractivity contribution in [3.63, 3.8) is 0 Å². The van der Waals surface area contributed by atoms with Gasteiger partial charge in [-0.2, -0.15) is 0 Å². The fourth-order valence-corrected chi connectivity index (χ4v) is 2.53. The fraction of sp³-hybridized carbons (Fsp3) is 0.750. The Morgan fingerprint density at radius 2 is 2.31 bits per heavy atom. The maximum Gasteiger partial charge on any atom is 0.110 e. The van der Waals surface area contributed by atoms with Gasteiger partial charge in [0.15, 0.2) is 0 Å². The van der Waals surface area contributed by atoms with Crippen LogP contribution in [0.1, 0.15) is 50.4 Å². The normalized spacial score (nSPS) is 17.1. The van der Waals surface area contributed by atoms with Crippen LogP contribution in [0, 0.1) is 6.92 Å². The molecule has 4 heteroatoms. The summed E-state index contributed by atoms with van der Waals surface area (Å²) in [6.07, 6.45) is 2.17. The molecule has 2 atom stereocenters. The molecule has 0 aromatic carbocycles. The van der Waals surface area contributed by atoms with Gasteiger partial charge < -0.3 is 11.1 Å². The molecule has 0 bridgehead atoms. The zero-order chi connectivity index (χ0) is 12.2. The van der Waals surface area contributed by atoms with Crippen molar-refractivity contribution in [2.24, 2.45) is 5.73 Å². The molecule has 92 valence electrons. The van der Waals surface area contributed by atoms with Gasteiger partial charge in [-0.05, 0) is 27.2 Å². The van der Waals surface area contributed by atoms with Crippen LogP contribution in [0.3, 0.4) is 0 Å². The number of nitrogens with zero attached hydrogens (tertiary/aromatic N) is 1. The van der Waals surface area contributed by atoms with Crippen molar-refractivity contribution in [2.45, 2.75) is 52.1 Å². The summed E-state index contributed by atoms with van der Waals surface area (Å²) in [5, 5.41) is 6.69.